The van der Waals surface area contributed by atoms with Crippen molar-refractivity contribution in [2.45, 2.75) is 70.3 Å². The van der Waals surface area contributed by atoms with Crippen molar-refractivity contribution >= 4 is 12.2 Å². The summed E-state index contributed by atoms with van der Waals surface area (Å²) in [5.74, 6) is -0.229. The fourth-order valence-corrected chi connectivity index (χ4v) is 3.43. The second-order valence-electron chi connectivity index (χ2n) is 7.74. The Labute approximate surface area is 186 Å². The highest BCUT2D eigenvalue weighted by molar-refractivity contribution is 5.77. The molecule has 2 aromatic carbocycles. The molecule has 0 spiro atoms. The maximum absolute atomic E-state index is 11.4. The molecule has 2 atom stereocenters. The molecule has 5 nitrogen and oxygen atoms in total. The molecule has 0 fully saturated rings. The number of carbonyl (C=O) groups is 1. The van der Waals surface area contributed by atoms with Crippen LogP contribution in [0.2, 0.25) is 0 Å². The van der Waals surface area contributed by atoms with Gasteiger partial charge in [0.05, 0.1) is 0 Å². The van der Waals surface area contributed by atoms with E-state index in [1.165, 1.54) is 50.3 Å². The zero-order valence-corrected chi connectivity index (χ0v) is 18.5. The number of hydrogen-bond acceptors (Lipinski definition) is 4. The monoisotopic (exact) mass is 425 g/mol. The molecule has 5 heteroatoms. The highest BCUT2D eigenvalue weighted by atomic mass is 16.6. The van der Waals surface area contributed by atoms with Crippen LogP contribution in [0.15, 0.2) is 65.8 Å². The number of benzene rings is 2. The van der Waals surface area contributed by atoms with Gasteiger partial charge in [-0.25, -0.2) is 4.79 Å². The molecule has 2 rings (SSSR count). The van der Waals surface area contributed by atoms with Gasteiger partial charge >= 0.3 is 5.97 Å². The number of ether oxygens (including phenoxy) is 1. The summed E-state index contributed by atoms with van der Waals surface area (Å²) in [6.07, 6.45) is 9.25. The summed E-state index contributed by atoms with van der Waals surface area (Å²) in [5.41, 5.74) is 1.25. The summed E-state index contributed by atoms with van der Waals surface area (Å²) in [7, 11) is 0. The predicted molar refractivity (Wildman–Crippen MR) is 125 cm³/mol. The van der Waals surface area contributed by atoms with E-state index in [9.17, 15) is 9.90 Å². The molecule has 0 aliphatic rings. The van der Waals surface area contributed by atoms with Crippen LogP contribution < -0.4 is 4.74 Å². The van der Waals surface area contributed by atoms with Gasteiger partial charge in [-0.15, -0.1) is 0 Å². The van der Waals surface area contributed by atoms with Crippen LogP contribution in [-0.2, 0) is 9.63 Å². The van der Waals surface area contributed by atoms with Gasteiger partial charge in [-0.3, -0.25) is 0 Å². The first-order chi connectivity index (χ1) is 15.2. The normalized spacial score (nSPS) is 13.1. The van der Waals surface area contributed by atoms with Gasteiger partial charge in [-0.05, 0) is 24.1 Å². The van der Waals surface area contributed by atoms with Gasteiger partial charge in [0.25, 0.3) is 0 Å². The van der Waals surface area contributed by atoms with E-state index in [2.05, 4.69) is 24.2 Å². The minimum absolute atomic E-state index is 0.137. The number of rotatable bonds is 16. The van der Waals surface area contributed by atoms with E-state index in [-0.39, 0.29) is 12.3 Å². The lowest BCUT2D eigenvalue weighted by Gasteiger charge is -2.16. The smallest absolute Gasteiger partial charge is 0.345 e. The van der Waals surface area contributed by atoms with E-state index in [0.717, 1.165) is 6.42 Å². The number of oxime groups is 1. The van der Waals surface area contributed by atoms with Gasteiger partial charge in [-0.1, -0.05) is 99.1 Å². The third-order valence-corrected chi connectivity index (χ3v) is 5.22. The quantitative estimate of drug-likeness (QED) is 0.191. The predicted octanol–water partition coefficient (Wildman–Crippen LogP) is 6.45. The van der Waals surface area contributed by atoms with Crippen LogP contribution in [0.5, 0.6) is 5.75 Å². The molecule has 0 saturated heterocycles. The van der Waals surface area contributed by atoms with Gasteiger partial charge in [0.2, 0.25) is 6.10 Å². The SMILES string of the molecule is CCCCCCCCC(CON=CCC(Oc1ccccc1)C(=O)O)c1ccccc1. The Bertz CT molecular complexity index is 749. The summed E-state index contributed by atoms with van der Waals surface area (Å²) < 4.78 is 5.52. The molecular weight excluding hydrogens is 390 g/mol. The molecule has 2 unspecified atom stereocenters. The molecule has 0 saturated carbocycles. The Balaban J connectivity index is 1.80. The number of unbranched alkanes of at least 4 members (excludes halogenated alkanes) is 5. The summed E-state index contributed by atoms with van der Waals surface area (Å²) in [4.78, 5) is 17.0. The van der Waals surface area contributed by atoms with E-state index < -0.39 is 12.1 Å². The zero-order valence-electron chi connectivity index (χ0n) is 18.5. The van der Waals surface area contributed by atoms with Crippen LogP contribution in [0.4, 0.5) is 0 Å². The molecule has 1 N–H and O–H groups in total. The van der Waals surface area contributed by atoms with E-state index in [0.29, 0.717) is 12.4 Å². The molecule has 0 aromatic heterocycles. The maximum Gasteiger partial charge on any atom is 0.345 e. The number of hydrogen-bond donors (Lipinski definition) is 1. The van der Waals surface area contributed by atoms with E-state index in [1.54, 1.807) is 24.3 Å². The molecule has 0 aliphatic heterocycles. The lowest BCUT2D eigenvalue weighted by Crippen LogP contribution is -2.27. The Morgan fingerprint density at radius 1 is 0.968 bits per heavy atom. The first-order valence-electron chi connectivity index (χ1n) is 11.3. The van der Waals surface area contributed by atoms with Crippen molar-refractivity contribution in [1.29, 1.82) is 0 Å². The second kappa shape index (κ2) is 15.1. The highest BCUT2D eigenvalue weighted by Gasteiger charge is 2.18. The lowest BCUT2D eigenvalue weighted by atomic mass is 9.93. The van der Waals surface area contributed by atoms with Crippen LogP contribution in [0.3, 0.4) is 0 Å². The van der Waals surface area contributed by atoms with Crippen LogP contribution in [-0.4, -0.2) is 30.0 Å². The van der Waals surface area contributed by atoms with Gasteiger partial charge in [0.15, 0.2) is 0 Å². The van der Waals surface area contributed by atoms with Crippen LogP contribution in [0.1, 0.15) is 69.8 Å². The van der Waals surface area contributed by atoms with Crippen molar-refractivity contribution < 1.29 is 19.5 Å². The molecule has 0 radical (unpaired) electrons. The van der Waals surface area contributed by atoms with Crippen molar-refractivity contribution in [3.63, 3.8) is 0 Å². The summed E-state index contributed by atoms with van der Waals surface area (Å²) in [6.45, 7) is 2.71. The Morgan fingerprint density at radius 2 is 1.61 bits per heavy atom. The Morgan fingerprint density at radius 3 is 2.29 bits per heavy atom. The number of carboxylic acid groups (broad SMARTS) is 1. The molecule has 168 valence electrons. The number of nitrogens with zero attached hydrogens (tertiary/aromatic N) is 1. The standard InChI is InChI=1S/C26H35NO4/c1-2-3-4-5-6-9-16-23(22-14-10-7-11-15-22)21-30-27-20-19-25(26(28)29)31-24-17-12-8-13-18-24/h7-8,10-15,17-18,20,23,25H,2-6,9,16,19,21H2,1H3,(H,28,29). The van der Waals surface area contributed by atoms with Crippen molar-refractivity contribution in [3.8, 4) is 5.75 Å². The van der Waals surface area contributed by atoms with Crippen LogP contribution in [0, 0.1) is 0 Å². The van der Waals surface area contributed by atoms with Gasteiger partial charge in [0.1, 0.15) is 12.4 Å². The van der Waals surface area contributed by atoms with Crippen LogP contribution >= 0.6 is 0 Å². The molecule has 0 bridgehead atoms. The lowest BCUT2D eigenvalue weighted by molar-refractivity contribution is -0.144. The van der Waals surface area contributed by atoms with E-state index >= 15 is 0 Å². The molecule has 0 amide bonds. The van der Waals surface area contributed by atoms with Gasteiger partial charge in [-0.2, -0.15) is 0 Å². The van der Waals surface area contributed by atoms with E-state index in [1.807, 2.05) is 24.3 Å². The van der Waals surface area contributed by atoms with Gasteiger partial charge in [0, 0.05) is 18.6 Å². The van der Waals surface area contributed by atoms with Crippen LogP contribution in [0.25, 0.3) is 0 Å². The summed E-state index contributed by atoms with van der Waals surface area (Å²) >= 11 is 0. The fraction of sp³-hybridized carbons (Fsp3) is 0.462. The Hall–Kier alpha value is -2.82. The number of aliphatic carboxylic acids is 1. The summed E-state index contributed by atoms with van der Waals surface area (Å²) in [6, 6.07) is 19.3. The van der Waals surface area contributed by atoms with E-state index in [4.69, 9.17) is 9.57 Å². The molecule has 0 aliphatic carbocycles. The van der Waals surface area contributed by atoms with Gasteiger partial charge < -0.3 is 14.7 Å². The summed E-state index contributed by atoms with van der Waals surface area (Å²) in [5, 5.41) is 13.4. The fourth-order valence-electron chi connectivity index (χ4n) is 3.43. The van der Waals surface area contributed by atoms with Crippen molar-refractivity contribution in [3.05, 3.63) is 66.2 Å². The highest BCUT2D eigenvalue weighted by Crippen LogP contribution is 2.23. The van der Waals surface area contributed by atoms with Crippen molar-refractivity contribution in [2.75, 3.05) is 6.61 Å². The molecular formula is C26H35NO4. The maximum atomic E-state index is 11.4. The molecule has 0 heterocycles. The third kappa shape index (κ3) is 10.2. The first-order valence-corrected chi connectivity index (χ1v) is 11.3. The largest absolute Gasteiger partial charge is 0.478 e. The molecule has 31 heavy (non-hydrogen) atoms. The average Bonchev–Trinajstić information content (AvgIpc) is 2.80. The average molecular weight is 426 g/mol. The second-order valence-corrected chi connectivity index (χ2v) is 7.74. The molecule has 2 aromatic rings. The first kappa shape index (κ1) is 24.4. The minimum atomic E-state index is -1.03. The Kier molecular flexibility index (Phi) is 11.9. The number of para-hydroxylation sites is 1. The minimum Gasteiger partial charge on any atom is -0.478 e. The van der Waals surface area contributed by atoms with Crippen molar-refractivity contribution in [1.82, 2.24) is 0 Å². The van der Waals surface area contributed by atoms with Crippen molar-refractivity contribution in [2.24, 2.45) is 5.16 Å². The zero-order chi connectivity index (χ0) is 22.2. The topological polar surface area (TPSA) is 68.1 Å². The number of carboxylic acids is 1. The third-order valence-electron chi connectivity index (χ3n) is 5.22.